The lowest BCUT2D eigenvalue weighted by atomic mass is 10.1. The summed E-state index contributed by atoms with van der Waals surface area (Å²) in [4.78, 5) is 39.7. The number of hydrogen-bond acceptors (Lipinski definition) is 9. The predicted octanol–water partition coefficient (Wildman–Crippen LogP) is 2.44. The highest BCUT2D eigenvalue weighted by Gasteiger charge is 2.63. The number of hydrogen-bond donors (Lipinski definition) is 2. The van der Waals surface area contributed by atoms with Crippen LogP contribution in [0.15, 0.2) is 17.1 Å². The average Bonchev–Trinajstić information content (AvgIpc) is 2.91. The summed E-state index contributed by atoms with van der Waals surface area (Å²) >= 11 is 0. The molecule has 0 aromatic carbocycles. The third-order valence-electron chi connectivity index (χ3n) is 4.22. The first-order chi connectivity index (χ1) is 14.9. The van der Waals surface area contributed by atoms with Crippen LogP contribution in [-0.2, 0) is 18.9 Å². The fourth-order valence-electron chi connectivity index (χ4n) is 2.82. The van der Waals surface area contributed by atoms with Crippen molar-refractivity contribution in [2.24, 2.45) is 0 Å². The maximum absolute atomic E-state index is 15.2. The van der Waals surface area contributed by atoms with Crippen molar-refractivity contribution >= 4 is 18.1 Å². The molecule has 1 aliphatic heterocycles. The number of carbonyl (C=O) groups is 2. The number of amides is 1. The Hall–Kier alpha value is -2.80. The third-order valence-corrected chi connectivity index (χ3v) is 4.22. The zero-order valence-electron chi connectivity index (χ0n) is 18.2. The van der Waals surface area contributed by atoms with Gasteiger partial charge in [-0.05, 0) is 33.3 Å². The van der Waals surface area contributed by atoms with Crippen LogP contribution in [0.25, 0.3) is 0 Å². The van der Waals surface area contributed by atoms with Crippen molar-refractivity contribution in [3.8, 4) is 0 Å². The van der Waals surface area contributed by atoms with Gasteiger partial charge in [0.05, 0.1) is 13.2 Å². The van der Waals surface area contributed by atoms with Crippen LogP contribution in [0.5, 0.6) is 0 Å². The summed E-state index contributed by atoms with van der Waals surface area (Å²) in [6.45, 7) is 5.56. The van der Waals surface area contributed by atoms with Crippen molar-refractivity contribution in [2.45, 2.75) is 70.5 Å². The van der Waals surface area contributed by atoms with Crippen molar-refractivity contribution in [3.63, 3.8) is 0 Å². The van der Waals surface area contributed by atoms with Crippen molar-refractivity contribution in [3.05, 3.63) is 22.7 Å². The minimum atomic E-state index is -4.00. The highest BCUT2D eigenvalue weighted by molar-refractivity contribution is 5.83. The van der Waals surface area contributed by atoms with Gasteiger partial charge >= 0.3 is 23.9 Å². The second kappa shape index (κ2) is 10.2. The van der Waals surface area contributed by atoms with Crippen LogP contribution in [0, 0.1) is 0 Å². The van der Waals surface area contributed by atoms with Crippen LogP contribution in [0.4, 0.5) is 24.2 Å². The highest BCUT2D eigenvalue weighted by Crippen LogP contribution is 2.45. The summed E-state index contributed by atoms with van der Waals surface area (Å²) in [5, 5.41) is 11.7. The van der Waals surface area contributed by atoms with Crippen LogP contribution < -0.4 is 11.0 Å². The Labute approximate surface area is 182 Å². The molecule has 32 heavy (non-hydrogen) atoms. The van der Waals surface area contributed by atoms with E-state index in [0.29, 0.717) is 11.0 Å². The van der Waals surface area contributed by atoms with Crippen LogP contribution in [-0.4, -0.2) is 63.9 Å². The Balaban J connectivity index is 2.32. The molecule has 1 amide bonds. The van der Waals surface area contributed by atoms with Crippen LogP contribution in [0.1, 0.15) is 46.8 Å². The monoisotopic (exact) mass is 463 g/mol. The number of aliphatic hydroxyl groups excluding tert-OH is 1. The molecule has 3 atom stereocenters. The maximum atomic E-state index is 15.2. The van der Waals surface area contributed by atoms with Crippen molar-refractivity contribution in [1.29, 1.82) is 0 Å². The van der Waals surface area contributed by atoms with Gasteiger partial charge in [0, 0.05) is 6.20 Å². The molecular weight excluding hydrogens is 436 g/mol. The molecule has 0 bridgehead atoms. The lowest BCUT2D eigenvalue weighted by Crippen LogP contribution is -2.45. The van der Waals surface area contributed by atoms with Gasteiger partial charge in [-0.2, -0.15) is 8.78 Å². The number of aliphatic hydroxyl groups is 1. The number of carbonyl (C=O) groups excluding carboxylic acids is 2. The van der Waals surface area contributed by atoms with E-state index in [4.69, 9.17) is 18.9 Å². The highest BCUT2D eigenvalue weighted by atomic mass is 19.3. The quantitative estimate of drug-likeness (QED) is 0.461. The molecule has 0 aliphatic carbocycles. The second-order valence-corrected chi connectivity index (χ2v) is 7.98. The average molecular weight is 463 g/mol. The van der Waals surface area contributed by atoms with E-state index >= 15 is 8.78 Å². The van der Waals surface area contributed by atoms with Gasteiger partial charge in [0.25, 0.3) is 0 Å². The molecule has 1 saturated heterocycles. The molecule has 0 radical (unpaired) electrons. The Morgan fingerprint density at radius 2 is 2.06 bits per heavy atom. The van der Waals surface area contributed by atoms with Crippen LogP contribution in [0.3, 0.4) is 0 Å². The summed E-state index contributed by atoms with van der Waals surface area (Å²) in [6.07, 6.45) is -6.33. The minimum absolute atomic E-state index is 0.0894. The Morgan fingerprint density at radius 3 is 2.66 bits per heavy atom. The van der Waals surface area contributed by atoms with E-state index in [1.807, 2.05) is 6.92 Å². The van der Waals surface area contributed by atoms with Gasteiger partial charge in [-0.1, -0.05) is 13.3 Å². The molecule has 1 aliphatic rings. The Morgan fingerprint density at radius 1 is 1.38 bits per heavy atom. The number of alkyl halides is 2. The maximum Gasteiger partial charge on any atom is 0.509 e. The molecular formula is C19H27F2N3O8. The largest absolute Gasteiger partial charge is 0.509 e. The predicted molar refractivity (Wildman–Crippen MR) is 105 cm³/mol. The molecule has 13 heteroatoms. The lowest BCUT2D eigenvalue weighted by molar-refractivity contribution is -0.149. The molecule has 0 unspecified atom stereocenters. The Kier molecular flexibility index (Phi) is 8.13. The molecule has 0 spiro atoms. The van der Waals surface area contributed by atoms with E-state index in [-0.39, 0.29) is 12.4 Å². The van der Waals surface area contributed by atoms with Gasteiger partial charge in [0.1, 0.15) is 17.5 Å². The summed E-state index contributed by atoms with van der Waals surface area (Å²) in [6, 6.07) is 1.10. The molecule has 1 aromatic rings. The minimum Gasteiger partial charge on any atom is -0.449 e. The molecule has 1 fully saturated rings. The fourth-order valence-corrected chi connectivity index (χ4v) is 2.82. The number of ether oxygens (including phenoxy) is 4. The fraction of sp³-hybridized carbons (Fsp3) is 0.684. The van der Waals surface area contributed by atoms with Gasteiger partial charge in [-0.15, -0.1) is 0 Å². The van der Waals surface area contributed by atoms with E-state index in [0.717, 1.165) is 18.7 Å². The number of aromatic nitrogens is 2. The molecule has 2 rings (SSSR count). The molecule has 11 nitrogen and oxygen atoms in total. The smallest absolute Gasteiger partial charge is 0.449 e. The molecule has 180 valence electrons. The SMILES string of the molecule is CCCCOC(=O)Nc1ccnc(=O)n1[C@@H]1O[C@H](CO)[C@@H](OC(=O)OC(C)(C)C)C1(F)F. The summed E-state index contributed by atoms with van der Waals surface area (Å²) < 4.78 is 50.6. The number of anilines is 1. The number of rotatable bonds is 7. The van der Waals surface area contributed by atoms with Crippen molar-refractivity contribution < 1.29 is 42.4 Å². The number of unbranched alkanes of at least 4 members (excludes halogenated alkanes) is 1. The zero-order valence-corrected chi connectivity index (χ0v) is 18.2. The van der Waals surface area contributed by atoms with Gasteiger partial charge in [-0.25, -0.2) is 23.9 Å². The second-order valence-electron chi connectivity index (χ2n) is 7.98. The number of halogens is 2. The summed E-state index contributed by atoms with van der Waals surface area (Å²) in [7, 11) is 0. The number of nitrogens with one attached hydrogen (secondary N) is 1. The summed E-state index contributed by atoms with van der Waals surface area (Å²) in [5.41, 5.74) is -2.19. The third kappa shape index (κ3) is 6.13. The van der Waals surface area contributed by atoms with Crippen molar-refractivity contribution in [1.82, 2.24) is 9.55 Å². The molecule has 2 heterocycles. The van der Waals surface area contributed by atoms with E-state index in [2.05, 4.69) is 10.3 Å². The van der Waals surface area contributed by atoms with Gasteiger partial charge in [0.2, 0.25) is 12.3 Å². The first-order valence-electron chi connectivity index (χ1n) is 9.95. The van der Waals surface area contributed by atoms with Crippen LogP contribution >= 0.6 is 0 Å². The topological polar surface area (TPSA) is 138 Å². The van der Waals surface area contributed by atoms with E-state index in [1.54, 1.807) is 0 Å². The number of nitrogens with zero attached hydrogens (tertiary/aromatic N) is 2. The molecule has 2 N–H and O–H groups in total. The molecule has 0 saturated carbocycles. The molecule has 1 aromatic heterocycles. The Bertz CT molecular complexity index is 871. The normalized spacial score (nSPS) is 22.3. The first-order valence-corrected chi connectivity index (χ1v) is 9.95. The van der Waals surface area contributed by atoms with Gasteiger partial charge in [-0.3, -0.25) is 5.32 Å². The van der Waals surface area contributed by atoms with E-state index in [9.17, 15) is 19.5 Å². The first kappa shape index (κ1) is 25.5. The lowest BCUT2D eigenvalue weighted by Gasteiger charge is -2.26. The van der Waals surface area contributed by atoms with E-state index in [1.165, 1.54) is 20.8 Å². The van der Waals surface area contributed by atoms with Crippen LogP contribution in [0.2, 0.25) is 0 Å². The standard InChI is InChI=1S/C19H27F2N3O8/c1-5-6-9-29-16(27)23-12-7-8-22-15(26)24(12)14-19(20,21)13(11(10-25)30-14)31-17(28)32-18(2,3)4/h7-8,11,13-14,25H,5-6,9-10H2,1-4H3,(H,23,27)/t11-,13-,14-/m1/s1. The summed E-state index contributed by atoms with van der Waals surface area (Å²) in [5.74, 6) is -4.38. The zero-order chi connectivity index (χ0) is 24.1. The van der Waals surface area contributed by atoms with Crippen molar-refractivity contribution in [2.75, 3.05) is 18.5 Å². The van der Waals surface area contributed by atoms with Gasteiger partial charge < -0.3 is 24.1 Å². The van der Waals surface area contributed by atoms with E-state index < -0.39 is 54.5 Å². The van der Waals surface area contributed by atoms with Gasteiger partial charge in [0.15, 0.2) is 0 Å².